The van der Waals surface area contributed by atoms with Crippen LogP contribution in [0.1, 0.15) is 49.9 Å². The molecule has 0 aromatic heterocycles. The van der Waals surface area contributed by atoms with Crippen LogP contribution < -0.4 is 0 Å². The van der Waals surface area contributed by atoms with Crippen molar-refractivity contribution < 1.29 is 29.4 Å². The molecule has 1 amide bonds. The number of hydrogen-bond acceptors (Lipinski definition) is 6. The molecule has 190 valence electrons. The maximum Gasteiger partial charge on any atom is 0.277 e. The van der Waals surface area contributed by atoms with Crippen molar-refractivity contribution in [3.63, 3.8) is 0 Å². The highest BCUT2D eigenvalue weighted by Gasteiger charge is 2.75. The molecule has 0 spiro atoms. The Labute approximate surface area is 210 Å². The van der Waals surface area contributed by atoms with E-state index in [0.717, 1.165) is 12.0 Å². The molecular formula is C29H33NO6. The summed E-state index contributed by atoms with van der Waals surface area (Å²) in [6, 6.07) is 8.84. The highest BCUT2D eigenvalue weighted by atomic mass is 16.7. The van der Waals surface area contributed by atoms with Gasteiger partial charge in [0, 0.05) is 34.7 Å². The van der Waals surface area contributed by atoms with Gasteiger partial charge in [0.15, 0.2) is 17.2 Å². The highest BCUT2D eigenvalue weighted by molar-refractivity contribution is 5.96. The molecule has 0 unspecified atom stereocenters. The zero-order chi connectivity index (χ0) is 25.5. The monoisotopic (exact) mass is 491 g/mol. The Hall–Kier alpha value is -2.61. The van der Waals surface area contributed by atoms with E-state index in [0.29, 0.717) is 24.8 Å². The molecule has 4 aliphatic carbocycles. The minimum atomic E-state index is -1.37. The molecule has 2 saturated carbocycles. The second-order valence-electron chi connectivity index (χ2n) is 11.8. The number of rotatable bonds is 3. The van der Waals surface area contributed by atoms with Crippen LogP contribution in [0.3, 0.4) is 0 Å². The number of aliphatic hydroxyl groups is 2. The summed E-state index contributed by atoms with van der Waals surface area (Å²) in [5.41, 5.74) is -0.967. The summed E-state index contributed by atoms with van der Waals surface area (Å²) in [4.78, 5) is 45.3. The number of aliphatic hydroxyl groups excluding tert-OH is 2. The first-order chi connectivity index (χ1) is 17.2. The first-order valence-electron chi connectivity index (χ1n) is 13.0. The molecule has 2 N–H and O–H groups in total. The van der Waals surface area contributed by atoms with Crippen molar-refractivity contribution >= 4 is 17.5 Å². The Morgan fingerprint density at radius 3 is 2.67 bits per heavy atom. The van der Waals surface area contributed by atoms with Gasteiger partial charge in [0.2, 0.25) is 0 Å². The molecule has 6 rings (SSSR count). The molecule has 0 radical (unpaired) electrons. The number of allylic oxidation sites excluding steroid dienone is 4. The summed E-state index contributed by atoms with van der Waals surface area (Å²) in [5.74, 6) is -0.810. The number of ketones is 2. The number of hydrogen-bond donors (Lipinski definition) is 2. The zero-order valence-electron chi connectivity index (χ0n) is 20.7. The second-order valence-corrected chi connectivity index (χ2v) is 11.8. The summed E-state index contributed by atoms with van der Waals surface area (Å²) in [6.07, 6.45) is 7.20. The van der Waals surface area contributed by atoms with Crippen LogP contribution in [0.2, 0.25) is 0 Å². The quantitative estimate of drug-likeness (QED) is 0.630. The van der Waals surface area contributed by atoms with E-state index in [1.165, 1.54) is 5.06 Å². The van der Waals surface area contributed by atoms with Gasteiger partial charge in [0.25, 0.3) is 5.91 Å². The summed E-state index contributed by atoms with van der Waals surface area (Å²) in [7, 11) is 0. The second kappa shape index (κ2) is 7.94. The lowest BCUT2D eigenvalue weighted by atomic mass is 9.47. The van der Waals surface area contributed by atoms with Crippen LogP contribution in [0.25, 0.3) is 0 Å². The van der Waals surface area contributed by atoms with Gasteiger partial charge in [-0.3, -0.25) is 19.2 Å². The third kappa shape index (κ3) is 2.93. The van der Waals surface area contributed by atoms with Gasteiger partial charge in [0.1, 0.15) is 6.61 Å². The summed E-state index contributed by atoms with van der Waals surface area (Å²) >= 11 is 0. The smallest absolute Gasteiger partial charge is 0.277 e. The molecule has 1 aromatic carbocycles. The Morgan fingerprint density at radius 1 is 1.19 bits per heavy atom. The third-order valence-electron chi connectivity index (χ3n) is 10.3. The Morgan fingerprint density at radius 2 is 1.94 bits per heavy atom. The Bertz CT molecular complexity index is 1190. The van der Waals surface area contributed by atoms with Crippen LogP contribution in [0, 0.1) is 34.5 Å². The van der Waals surface area contributed by atoms with Crippen LogP contribution in [-0.2, 0) is 14.4 Å². The number of carbonyl (C=O) groups is 3. The van der Waals surface area contributed by atoms with E-state index in [1.54, 1.807) is 30.3 Å². The molecule has 1 saturated heterocycles. The molecule has 36 heavy (non-hydrogen) atoms. The SMILES string of the molecule is C[C@]12C=CC(=O)CC1=CC[C@@H]1[C@@H]2[C@@H](O)C[C@@]2(C)[C@H]1C[C@H]1CN(C(=O)c3ccccc3)O[C@]12C(=O)CO. The van der Waals surface area contributed by atoms with E-state index in [1.807, 2.05) is 19.1 Å². The molecule has 7 nitrogen and oxygen atoms in total. The minimum absolute atomic E-state index is 0.0675. The van der Waals surface area contributed by atoms with Crippen molar-refractivity contribution in [3.05, 3.63) is 59.7 Å². The predicted octanol–water partition coefficient (Wildman–Crippen LogP) is 2.88. The maximum atomic E-state index is 13.5. The van der Waals surface area contributed by atoms with Crippen molar-refractivity contribution in [3.8, 4) is 0 Å². The van der Waals surface area contributed by atoms with Gasteiger partial charge >= 0.3 is 0 Å². The van der Waals surface area contributed by atoms with E-state index in [2.05, 4.69) is 13.0 Å². The van der Waals surface area contributed by atoms with Gasteiger partial charge in [0.05, 0.1) is 12.6 Å². The first kappa shape index (κ1) is 23.8. The number of fused-ring (bicyclic) bond motifs is 7. The van der Waals surface area contributed by atoms with Gasteiger partial charge in [-0.2, -0.15) is 0 Å². The van der Waals surface area contributed by atoms with E-state index in [-0.39, 0.29) is 41.9 Å². The molecule has 1 heterocycles. The molecule has 0 bridgehead atoms. The number of hydroxylamine groups is 2. The highest BCUT2D eigenvalue weighted by Crippen LogP contribution is 2.70. The van der Waals surface area contributed by atoms with Crippen LogP contribution in [-0.4, -0.2) is 57.6 Å². The van der Waals surface area contributed by atoms with Crippen molar-refractivity contribution in [2.45, 2.75) is 51.2 Å². The topological polar surface area (TPSA) is 104 Å². The Balaban J connectivity index is 1.38. The van der Waals surface area contributed by atoms with Crippen molar-refractivity contribution in [2.24, 2.45) is 34.5 Å². The van der Waals surface area contributed by atoms with E-state index in [9.17, 15) is 24.6 Å². The predicted molar refractivity (Wildman–Crippen MR) is 130 cm³/mol. The number of benzene rings is 1. The molecule has 8 atom stereocenters. The lowest BCUT2D eigenvalue weighted by Gasteiger charge is -2.59. The summed E-state index contributed by atoms with van der Waals surface area (Å²) in [5, 5.41) is 23.0. The number of amides is 1. The number of Topliss-reactive ketones (excluding diaryl/α,β-unsaturated/α-hetero) is 1. The fourth-order valence-electron chi connectivity index (χ4n) is 8.74. The van der Waals surface area contributed by atoms with Crippen LogP contribution in [0.15, 0.2) is 54.1 Å². The van der Waals surface area contributed by atoms with Gasteiger partial charge in [-0.05, 0) is 49.3 Å². The van der Waals surface area contributed by atoms with E-state index >= 15 is 0 Å². The average Bonchev–Trinajstić information content (AvgIpc) is 3.37. The van der Waals surface area contributed by atoms with E-state index < -0.39 is 34.9 Å². The minimum Gasteiger partial charge on any atom is -0.393 e. The van der Waals surface area contributed by atoms with Crippen LogP contribution >= 0.6 is 0 Å². The fraction of sp³-hybridized carbons (Fsp3) is 0.552. The molecule has 7 heteroatoms. The van der Waals surface area contributed by atoms with E-state index in [4.69, 9.17) is 4.84 Å². The Kier molecular flexibility index (Phi) is 5.24. The maximum absolute atomic E-state index is 13.5. The molecule has 1 aliphatic heterocycles. The standard InChI is InChI=1S/C29H33NO6/c1-27-11-10-20(32)12-18(27)8-9-21-22-13-19-15-30(26(35)17-6-4-3-5-7-17)36-29(19,24(34)16-31)28(22,2)14-23(33)25(21)27/h3-8,10-11,19,21-23,25,31,33H,9,12-16H2,1-2H3/t19-,21-,22-,23-,25+,27-,28-,29-/m0/s1. The van der Waals surface area contributed by atoms with Crippen molar-refractivity contribution in [1.29, 1.82) is 0 Å². The van der Waals surface area contributed by atoms with Gasteiger partial charge in [-0.1, -0.05) is 49.8 Å². The van der Waals surface area contributed by atoms with Gasteiger partial charge < -0.3 is 10.2 Å². The average molecular weight is 492 g/mol. The number of nitrogens with zero attached hydrogens (tertiary/aromatic N) is 1. The fourth-order valence-corrected chi connectivity index (χ4v) is 8.74. The van der Waals surface area contributed by atoms with Gasteiger partial charge in [-0.15, -0.1) is 0 Å². The summed E-state index contributed by atoms with van der Waals surface area (Å²) in [6.45, 7) is 3.71. The zero-order valence-corrected chi connectivity index (χ0v) is 20.7. The van der Waals surface area contributed by atoms with Crippen molar-refractivity contribution in [2.75, 3.05) is 13.2 Å². The third-order valence-corrected chi connectivity index (χ3v) is 10.3. The van der Waals surface area contributed by atoms with Gasteiger partial charge in [-0.25, -0.2) is 5.06 Å². The first-order valence-corrected chi connectivity index (χ1v) is 13.0. The largest absolute Gasteiger partial charge is 0.393 e. The molecular weight excluding hydrogens is 458 g/mol. The molecule has 5 aliphatic rings. The number of carbonyl (C=O) groups excluding carboxylic acids is 3. The van der Waals surface area contributed by atoms with Crippen LogP contribution in [0.4, 0.5) is 0 Å². The molecule has 1 aromatic rings. The van der Waals surface area contributed by atoms with Crippen molar-refractivity contribution in [1.82, 2.24) is 5.06 Å². The lowest BCUT2D eigenvalue weighted by Crippen LogP contribution is -2.63. The lowest BCUT2D eigenvalue weighted by molar-refractivity contribution is -0.233. The normalized spacial score (nSPS) is 42.8. The molecule has 3 fully saturated rings. The van der Waals surface area contributed by atoms with Crippen LogP contribution in [0.5, 0.6) is 0 Å². The summed E-state index contributed by atoms with van der Waals surface area (Å²) < 4.78 is 0.